The maximum Gasteiger partial charge on any atom is 0.339 e. The number of hydrogen-bond acceptors (Lipinski definition) is 3. The van der Waals surface area contributed by atoms with E-state index in [2.05, 4.69) is 9.88 Å². The average molecular weight is 232 g/mol. The molecule has 1 aliphatic heterocycles. The quantitative estimate of drug-likeness (QED) is 0.845. The van der Waals surface area contributed by atoms with Crippen LogP contribution < -0.4 is 4.90 Å². The molecule has 1 N–H and O–H groups in total. The molecule has 90 valence electrons. The van der Waals surface area contributed by atoms with E-state index in [0.29, 0.717) is 11.4 Å². The zero-order valence-corrected chi connectivity index (χ0v) is 9.78. The highest BCUT2D eigenvalue weighted by atomic mass is 16.4. The lowest BCUT2D eigenvalue weighted by Gasteiger charge is -2.19. The van der Waals surface area contributed by atoms with E-state index in [1.807, 2.05) is 6.07 Å². The van der Waals surface area contributed by atoms with Gasteiger partial charge in [-0.25, -0.2) is 9.78 Å². The first-order valence-electron chi connectivity index (χ1n) is 6.27. The molecular weight excluding hydrogens is 216 g/mol. The van der Waals surface area contributed by atoms with E-state index in [1.165, 1.54) is 0 Å². The molecule has 4 nitrogen and oxygen atoms in total. The summed E-state index contributed by atoms with van der Waals surface area (Å²) in [5.74, 6) is -0.162. The van der Waals surface area contributed by atoms with Crippen molar-refractivity contribution in [3.05, 3.63) is 22.9 Å². The number of carboxylic acid groups (broad SMARTS) is 1. The second-order valence-electron chi connectivity index (χ2n) is 4.82. The number of nitrogens with zero attached hydrogens (tertiary/aromatic N) is 2. The molecule has 0 saturated carbocycles. The van der Waals surface area contributed by atoms with E-state index in [1.54, 1.807) is 0 Å². The summed E-state index contributed by atoms with van der Waals surface area (Å²) >= 11 is 0. The Morgan fingerprint density at radius 1 is 1.24 bits per heavy atom. The molecule has 0 radical (unpaired) electrons. The topological polar surface area (TPSA) is 53.4 Å². The Morgan fingerprint density at radius 3 is 2.71 bits per heavy atom. The lowest BCUT2D eigenvalue weighted by molar-refractivity contribution is 0.0697. The fourth-order valence-corrected chi connectivity index (χ4v) is 2.79. The Kier molecular flexibility index (Phi) is 2.50. The van der Waals surface area contributed by atoms with Gasteiger partial charge in [-0.2, -0.15) is 0 Å². The maximum absolute atomic E-state index is 11.3. The van der Waals surface area contributed by atoms with Crippen molar-refractivity contribution in [3.8, 4) is 0 Å². The lowest BCUT2D eigenvalue weighted by Crippen LogP contribution is -2.22. The van der Waals surface area contributed by atoms with Gasteiger partial charge in [0.1, 0.15) is 11.4 Å². The van der Waals surface area contributed by atoms with E-state index in [9.17, 15) is 9.90 Å². The third kappa shape index (κ3) is 1.77. The van der Waals surface area contributed by atoms with Crippen LogP contribution in [0, 0.1) is 0 Å². The average Bonchev–Trinajstić information content (AvgIpc) is 2.98. The first-order chi connectivity index (χ1) is 8.25. The van der Waals surface area contributed by atoms with Gasteiger partial charge in [-0.3, -0.25) is 0 Å². The van der Waals surface area contributed by atoms with Crippen LogP contribution in [0.1, 0.15) is 40.9 Å². The van der Waals surface area contributed by atoms with E-state index in [-0.39, 0.29) is 0 Å². The van der Waals surface area contributed by atoms with Crippen LogP contribution in [-0.2, 0) is 12.8 Å². The third-order valence-electron chi connectivity index (χ3n) is 3.67. The molecular formula is C13H16N2O2. The second kappa shape index (κ2) is 4.02. The number of aryl methyl sites for hydroxylation is 2. The fraction of sp³-hybridized carbons (Fsp3) is 0.538. The van der Waals surface area contributed by atoms with Crippen molar-refractivity contribution in [3.63, 3.8) is 0 Å². The summed E-state index contributed by atoms with van der Waals surface area (Å²) in [5.41, 5.74) is 2.62. The summed E-state index contributed by atoms with van der Waals surface area (Å²) in [6.45, 7) is 1.87. The first-order valence-corrected chi connectivity index (χ1v) is 6.27. The van der Waals surface area contributed by atoms with Crippen molar-refractivity contribution in [2.45, 2.75) is 32.1 Å². The minimum atomic E-state index is -0.853. The second-order valence-corrected chi connectivity index (χ2v) is 4.82. The highest BCUT2D eigenvalue weighted by molar-refractivity contribution is 5.93. The van der Waals surface area contributed by atoms with E-state index >= 15 is 0 Å². The largest absolute Gasteiger partial charge is 0.478 e. The molecule has 0 atom stereocenters. The smallest absolute Gasteiger partial charge is 0.339 e. The number of pyridine rings is 1. The summed E-state index contributed by atoms with van der Waals surface area (Å²) < 4.78 is 0. The summed E-state index contributed by atoms with van der Waals surface area (Å²) in [4.78, 5) is 18.0. The molecule has 2 aliphatic rings. The van der Waals surface area contributed by atoms with Gasteiger partial charge in [-0.1, -0.05) is 0 Å². The number of fused-ring (bicyclic) bond motifs is 1. The van der Waals surface area contributed by atoms with E-state index in [0.717, 1.165) is 56.5 Å². The molecule has 1 aromatic heterocycles. The van der Waals surface area contributed by atoms with Gasteiger partial charge in [0.25, 0.3) is 0 Å². The van der Waals surface area contributed by atoms with Gasteiger partial charge < -0.3 is 10.0 Å². The monoisotopic (exact) mass is 232 g/mol. The minimum Gasteiger partial charge on any atom is -0.478 e. The normalized spacial score (nSPS) is 18.5. The standard InChI is InChI=1S/C13H16N2O2/c16-13(17)10-8-9-4-3-5-11(9)14-12(10)15-6-1-2-7-15/h8H,1-7H2,(H,16,17). The van der Waals surface area contributed by atoms with Crippen molar-refractivity contribution < 1.29 is 9.90 Å². The van der Waals surface area contributed by atoms with E-state index in [4.69, 9.17) is 0 Å². The summed E-state index contributed by atoms with van der Waals surface area (Å²) in [6.07, 6.45) is 5.35. The Labute approximate surface area is 100 Å². The zero-order valence-electron chi connectivity index (χ0n) is 9.78. The van der Waals surface area contributed by atoms with Crippen molar-refractivity contribution in [1.29, 1.82) is 0 Å². The van der Waals surface area contributed by atoms with Gasteiger partial charge in [-0.15, -0.1) is 0 Å². The van der Waals surface area contributed by atoms with Crippen molar-refractivity contribution in [2.75, 3.05) is 18.0 Å². The van der Waals surface area contributed by atoms with Crippen LogP contribution in [0.3, 0.4) is 0 Å². The molecule has 3 rings (SSSR count). The SMILES string of the molecule is O=C(O)c1cc2c(nc1N1CCCC1)CCC2. The fourth-order valence-electron chi connectivity index (χ4n) is 2.79. The van der Waals surface area contributed by atoms with Crippen molar-refractivity contribution >= 4 is 11.8 Å². The molecule has 0 amide bonds. The zero-order chi connectivity index (χ0) is 11.8. The highest BCUT2D eigenvalue weighted by Crippen LogP contribution is 2.29. The predicted octanol–water partition coefficient (Wildman–Crippen LogP) is 1.87. The molecule has 0 aromatic carbocycles. The van der Waals surface area contributed by atoms with Gasteiger partial charge >= 0.3 is 5.97 Å². The molecule has 0 unspecified atom stereocenters. The van der Waals surface area contributed by atoms with Crippen LogP contribution in [0.4, 0.5) is 5.82 Å². The van der Waals surface area contributed by atoms with Gasteiger partial charge in [0.15, 0.2) is 0 Å². The van der Waals surface area contributed by atoms with Crippen LogP contribution in [-0.4, -0.2) is 29.1 Å². The molecule has 1 fully saturated rings. The number of anilines is 1. The van der Waals surface area contributed by atoms with Gasteiger partial charge in [0, 0.05) is 18.8 Å². The molecule has 17 heavy (non-hydrogen) atoms. The summed E-state index contributed by atoms with van der Waals surface area (Å²) in [6, 6.07) is 1.84. The number of aromatic carboxylic acids is 1. The molecule has 2 heterocycles. The van der Waals surface area contributed by atoms with Crippen LogP contribution >= 0.6 is 0 Å². The van der Waals surface area contributed by atoms with Crippen LogP contribution in [0.2, 0.25) is 0 Å². The van der Waals surface area contributed by atoms with Gasteiger partial charge in [0.05, 0.1) is 0 Å². The number of carbonyl (C=O) groups is 1. The Balaban J connectivity index is 2.07. The number of carboxylic acids is 1. The van der Waals surface area contributed by atoms with Crippen molar-refractivity contribution in [2.24, 2.45) is 0 Å². The molecule has 1 aromatic rings. The first kappa shape index (κ1) is 10.6. The summed E-state index contributed by atoms with van der Waals surface area (Å²) in [7, 11) is 0. The molecule has 0 spiro atoms. The molecule has 4 heteroatoms. The lowest BCUT2D eigenvalue weighted by atomic mass is 10.1. The highest BCUT2D eigenvalue weighted by Gasteiger charge is 2.24. The molecule has 0 bridgehead atoms. The Hall–Kier alpha value is -1.58. The third-order valence-corrected chi connectivity index (χ3v) is 3.67. The minimum absolute atomic E-state index is 0.382. The van der Waals surface area contributed by atoms with Crippen molar-refractivity contribution in [1.82, 2.24) is 4.98 Å². The summed E-state index contributed by atoms with van der Waals surface area (Å²) in [5, 5.41) is 9.29. The maximum atomic E-state index is 11.3. The van der Waals surface area contributed by atoms with Crippen LogP contribution in [0.15, 0.2) is 6.07 Å². The Morgan fingerprint density at radius 2 is 2.00 bits per heavy atom. The molecule has 1 saturated heterocycles. The van der Waals surface area contributed by atoms with E-state index < -0.39 is 5.97 Å². The number of rotatable bonds is 2. The Bertz CT molecular complexity index is 465. The van der Waals surface area contributed by atoms with Crippen LogP contribution in [0.5, 0.6) is 0 Å². The van der Waals surface area contributed by atoms with Crippen LogP contribution in [0.25, 0.3) is 0 Å². The molecule has 1 aliphatic carbocycles. The predicted molar refractivity (Wildman–Crippen MR) is 64.7 cm³/mol. The number of aromatic nitrogens is 1. The number of hydrogen-bond donors (Lipinski definition) is 1. The van der Waals surface area contributed by atoms with Gasteiger partial charge in [-0.05, 0) is 43.7 Å². The van der Waals surface area contributed by atoms with Gasteiger partial charge in [0.2, 0.25) is 0 Å².